The number of ether oxygens (including phenoxy) is 1. The highest BCUT2D eigenvalue weighted by Gasteiger charge is 2.53. The van der Waals surface area contributed by atoms with Gasteiger partial charge in [-0.25, -0.2) is 9.59 Å². The fourth-order valence-electron chi connectivity index (χ4n) is 3.71. The Labute approximate surface area is 193 Å². The molecule has 1 aromatic carbocycles. The van der Waals surface area contributed by atoms with E-state index in [9.17, 15) is 42.6 Å². The zero-order valence-electron chi connectivity index (χ0n) is 17.0. The molecule has 0 unspecified atom stereocenters. The van der Waals surface area contributed by atoms with Crippen molar-refractivity contribution in [2.24, 2.45) is 5.73 Å². The summed E-state index contributed by atoms with van der Waals surface area (Å²) in [4.78, 5) is 51.0. The fourth-order valence-corrected chi connectivity index (χ4v) is 4.97. The lowest BCUT2D eigenvalue weighted by molar-refractivity contribution is -0.201. The molecule has 2 saturated heterocycles. The summed E-state index contributed by atoms with van der Waals surface area (Å²) < 4.78 is 41.7. The van der Waals surface area contributed by atoms with Gasteiger partial charge in [-0.1, -0.05) is 0 Å². The van der Waals surface area contributed by atoms with Gasteiger partial charge in [0.1, 0.15) is 17.1 Å². The molecule has 0 radical (unpaired) electrons. The van der Waals surface area contributed by atoms with Crippen LogP contribution in [0.3, 0.4) is 0 Å². The average Bonchev–Trinajstić information content (AvgIpc) is 3.14. The lowest BCUT2D eigenvalue weighted by atomic mass is 10.0. The average molecular weight is 499 g/mol. The molecular formula is C20H16F3N3O7S. The van der Waals surface area contributed by atoms with Crippen LogP contribution >= 0.6 is 11.8 Å². The number of benzene rings is 1. The van der Waals surface area contributed by atoms with Gasteiger partial charge in [0.25, 0.3) is 5.91 Å². The number of carbonyl (C=O) groups excluding carboxylic acids is 4. The molecule has 4 N–H and O–H groups in total. The van der Waals surface area contributed by atoms with E-state index in [0.717, 1.165) is 16.7 Å². The van der Waals surface area contributed by atoms with Gasteiger partial charge >= 0.3 is 18.1 Å². The number of β-lactam (4-membered cyclic amide) rings is 1. The predicted octanol–water partition coefficient (Wildman–Crippen LogP) is 0.889. The van der Waals surface area contributed by atoms with E-state index in [1.54, 1.807) is 0 Å². The molecule has 3 aliphatic heterocycles. The Morgan fingerprint density at radius 3 is 2.56 bits per heavy atom. The van der Waals surface area contributed by atoms with Crippen LogP contribution in [0.15, 0.2) is 41.1 Å². The third kappa shape index (κ3) is 3.98. The molecule has 4 rings (SSSR count). The number of rotatable bonds is 3. The van der Waals surface area contributed by atoms with Crippen molar-refractivity contribution in [3.63, 3.8) is 0 Å². The minimum absolute atomic E-state index is 0.0174. The Morgan fingerprint density at radius 2 is 1.91 bits per heavy atom. The highest BCUT2D eigenvalue weighted by atomic mass is 32.2. The molecule has 0 spiro atoms. The largest absolute Gasteiger partial charge is 0.504 e. The third-order valence-electron chi connectivity index (χ3n) is 5.39. The molecule has 2 fully saturated rings. The molecule has 2 amide bonds. The number of alkyl halides is 3. The van der Waals surface area contributed by atoms with Crippen molar-refractivity contribution < 1.29 is 47.3 Å². The van der Waals surface area contributed by atoms with Crippen molar-refractivity contribution in [3.8, 4) is 11.5 Å². The Kier molecular flexibility index (Phi) is 5.81. The summed E-state index contributed by atoms with van der Waals surface area (Å²) in [5.74, 6) is -6.46. The smallest absolute Gasteiger partial charge is 0.491 e. The number of nitrogens with two attached hydrogens (primary N) is 1. The standard InChI is InChI=1S/C20H16F3N3O7S/c21-20(22,23)19(32)33-18(31)14-9(7-34-17-13(24)16(30)26(14)17)5-8-3-4-25(15(8)29)10-1-2-11(27)12(28)6-10/h1-2,5-6,13,17,27-28H,3-4,7,24H2/b8-5+/t13-,17-/m1/s1. The lowest BCUT2D eigenvalue weighted by Gasteiger charge is -2.48. The van der Waals surface area contributed by atoms with Gasteiger partial charge in [-0.3, -0.25) is 14.5 Å². The number of allylic oxidation sites excluding steroid dienone is 1. The van der Waals surface area contributed by atoms with Gasteiger partial charge in [0, 0.05) is 29.6 Å². The van der Waals surface area contributed by atoms with Gasteiger partial charge in [-0.05, 0) is 30.2 Å². The second-order valence-corrected chi connectivity index (χ2v) is 8.64. The summed E-state index contributed by atoms with van der Waals surface area (Å²) in [5, 5.41) is 18.4. The maximum Gasteiger partial charge on any atom is 0.491 e. The van der Waals surface area contributed by atoms with E-state index in [4.69, 9.17) is 5.73 Å². The zero-order valence-corrected chi connectivity index (χ0v) is 17.9. The number of thioether (sulfide) groups is 1. The van der Waals surface area contributed by atoms with Crippen LogP contribution in [0.1, 0.15) is 6.42 Å². The van der Waals surface area contributed by atoms with Crippen molar-refractivity contribution in [2.75, 3.05) is 17.2 Å². The van der Waals surface area contributed by atoms with Gasteiger partial charge in [-0.15, -0.1) is 11.8 Å². The van der Waals surface area contributed by atoms with Gasteiger partial charge in [0.05, 0.1) is 0 Å². The van der Waals surface area contributed by atoms with E-state index >= 15 is 0 Å². The molecule has 14 heteroatoms. The quantitative estimate of drug-likeness (QED) is 0.181. The Balaban J connectivity index is 1.67. The number of esters is 2. The number of phenolic OH excluding ortho intramolecular Hbond substituents is 2. The van der Waals surface area contributed by atoms with Crippen LogP contribution in [0.2, 0.25) is 0 Å². The first kappa shape index (κ1) is 23.6. The van der Waals surface area contributed by atoms with E-state index in [1.165, 1.54) is 29.2 Å². The molecule has 180 valence electrons. The third-order valence-corrected chi connectivity index (χ3v) is 6.72. The molecule has 3 aliphatic rings. The van der Waals surface area contributed by atoms with Crippen LogP contribution in [0.25, 0.3) is 0 Å². The summed E-state index contributed by atoms with van der Waals surface area (Å²) in [7, 11) is 0. The molecule has 3 heterocycles. The summed E-state index contributed by atoms with van der Waals surface area (Å²) >= 11 is 1.14. The first-order valence-corrected chi connectivity index (χ1v) is 10.8. The van der Waals surface area contributed by atoms with Crippen LogP contribution in [0, 0.1) is 0 Å². The summed E-state index contributed by atoms with van der Waals surface area (Å²) in [6.45, 7) is 0.178. The van der Waals surface area contributed by atoms with Gasteiger partial charge in [0.2, 0.25) is 5.91 Å². The Bertz CT molecular complexity index is 1180. The van der Waals surface area contributed by atoms with Crippen LogP contribution < -0.4 is 10.6 Å². The molecule has 0 bridgehead atoms. The van der Waals surface area contributed by atoms with Crippen LogP contribution in [-0.2, 0) is 23.9 Å². The maximum absolute atomic E-state index is 12.9. The van der Waals surface area contributed by atoms with Crippen molar-refractivity contribution >= 4 is 41.2 Å². The van der Waals surface area contributed by atoms with Crippen LogP contribution in [0.5, 0.6) is 11.5 Å². The first-order valence-electron chi connectivity index (χ1n) is 9.71. The van der Waals surface area contributed by atoms with E-state index in [1.807, 2.05) is 0 Å². The number of halogens is 3. The fraction of sp³-hybridized carbons (Fsp3) is 0.300. The molecule has 2 atom stereocenters. The normalized spacial score (nSPS) is 23.8. The Hall–Kier alpha value is -3.52. The molecule has 1 aromatic rings. The number of carbonyl (C=O) groups is 4. The minimum Gasteiger partial charge on any atom is -0.504 e. The van der Waals surface area contributed by atoms with Gasteiger partial charge < -0.3 is 25.6 Å². The molecule has 0 aliphatic carbocycles. The van der Waals surface area contributed by atoms with E-state index in [0.29, 0.717) is 0 Å². The summed E-state index contributed by atoms with van der Waals surface area (Å²) in [6, 6.07) is 2.81. The summed E-state index contributed by atoms with van der Waals surface area (Å²) in [5.41, 5.74) is 5.61. The number of amides is 2. The topological polar surface area (TPSA) is 150 Å². The number of anilines is 1. The van der Waals surface area contributed by atoms with E-state index < -0.39 is 52.8 Å². The highest BCUT2D eigenvalue weighted by Crippen LogP contribution is 2.41. The van der Waals surface area contributed by atoms with Crippen molar-refractivity contribution in [1.29, 1.82) is 0 Å². The van der Waals surface area contributed by atoms with Crippen molar-refractivity contribution in [3.05, 3.63) is 41.1 Å². The van der Waals surface area contributed by atoms with Crippen LogP contribution in [-0.4, -0.2) is 68.8 Å². The molecule has 34 heavy (non-hydrogen) atoms. The number of hydrogen-bond donors (Lipinski definition) is 3. The van der Waals surface area contributed by atoms with E-state index in [-0.39, 0.29) is 41.3 Å². The van der Waals surface area contributed by atoms with Crippen molar-refractivity contribution in [2.45, 2.75) is 24.0 Å². The molecule has 10 nitrogen and oxygen atoms in total. The maximum atomic E-state index is 12.9. The molecular weight excluding hydrogens is 483 g/mol. The molecule has 0 aromatic heterocycles. The predicted molar refractivity (Wildman–Crippen MR) is 110 cm³/mol. The lowest BCUT2D eigenvalue weighted by Crippen LogP contribution is -2.68. The van der Waals surface area contributed by atoms with E-state index in [2.05, 4.69) is 4.74 Å². The number of fused-ring (bicyclic) bond motifs is 1. The second kappa shape index (κ2) is 8.36. The SMILES string of the molecule is N[C@@H]1C(=O)N2C(C(=O)OC(=O)C(F)(F)F)=C(/C=C3\CCN(c4ccc(O)c(O)c4)C3=O)CS[C@H]12. The second-order valence-electron chi connectivity index (χ2n) is 7.53. The first-order chi connectivity index (χ1) is 15.9. The number of nitrogens with zero attached hydrogens (tertiary/aromatic N) is 2. The zero-order chi connectivity index (χ0) is 24.9. The van der Waals surface area contributed by atoms with Gasteiger partial charge in [0.15, 0.2) is 11.5 Å². The number of aromatic hydroxyl groups is 2. The minimum atomic E-state index is -5.43. The monoisotopic (exact) mass is 499 g/mol. The summed E-state index contributed by atoms with van der Waals surface area (Å²) in [6.07, 6.45) is -3.97. The van der Waals surface area contributed by atoms with Crippen molar-refractivity contribution in [1.82, 2.24) is 4.90 Å². The van der Waals surface area contributed by atoms with Crippen LogP contribution in [0.4, 0.5) is 18.9 Å². The van der Waals surface area contributed by atoms with Gasteiger partial charge in [-0.2, -0.15) is 13.2 Å². The highest BCUT2D eigenvalue weighted by molar-refractivity contribution is 8.00. The molecule has 0 saturated carbocycles. The Morgan fingerprint density at radius 1 is 1.21 bits per heavy atom. The number of phenols is 2. The number of hydrogen-bond acceptors (Lipinski definition) is 9.